The van der Waals surface area contributed by atoms with Crippen LogP contribution in [0.3, 0.4) is 0 Å². The maximum atomic E-state index is 3.46. The third kappa shape index (κ3) is 5.10. The molecule has 0 aromatic carbocycles. The molecule has 80 valence electrons. The van der Waals surface area contributed by atoms with E-state index in [9.17, 15) is 0 Å². The van der Waals surface area contributed by atoms with Crippen molar-refractivity contribution in [2.45, 2.75) is 13.3 Å². The van der Waals surface area contributed by atoms with Crippen molar-refractivity contribution in [1.82, 2.24) is 10.6 Å². The summed E-state index contributed by atoms with van der Waals surface area (Å²) in [6.45, 7) is 6.37. The maximum absolute atomic E-state index is 3.46. The van der Waals surface area contributed by atoms with Crippen molar-refractivity contribution >= 4 is 27.3 Å². The van der Waals surface area contributed by atoms with Crippen LogP contribution >= 0.6 is 27.3 Å². The molecule has 2 N–H and O–H groups in total. The van der Waals surface area contributed by atoms with Gasteiger partial charge in [0.2, 0.25) is 0 Å². The number of nitrogens with one attached hydrogen (secondary N) is 2. The van der Waals surface area contributed by atoms with Gasteiger partial charge < -0.3 is 10.6 Å². The largest absolute Gasteiger partial charge is 0.316 e. The van der Waals surface area contributed by atoms with Crippen LogP contribution in [0.4, 0.5) is 0 Å². The summed E-state index contributed by atoms with van der Waals surface area (Å²) in [6, 6.07) is 2.19. The minimum atomic E-state index is 1.06. The highest BCUT2D eigenvalue weighted by Gasteiger charge is 1.96. The van der Waals surface area contributed by atoms with Crippen LogP contribution < -0.4 is 10.6 Å². The number of thiophene rings is 1. The third-order valence-electron chi connectivity index (χ3n) is 1.90. The van der Waals surface area contributed by atoms with Gasteiger partial charge in [-0.2, -0.15) is 0 Å². The lowest BCUT2D eigenvalue weighted by Gasteiger charge is -2.03. The van der Waals surface area contributed by atoms with Crippen molar-refractivity contribution in [2.24, 2.45) is 0 Å². The fourth-order valence-electron chi connectivity index (χ4n) is 1.18. The summed E-state index contributed by atoms with van der Waals surface area (Å²) < 4.78 is 1.20. The van der Waals surface area contributed by atoms with E-state index < -0.39 is 0 Å². The maximum Gasteiger partial charge on any atom is 0.0285 e. The molecule has 0 radical (unpaired) electrons. The Kier molecular flexibility index (Phi) is 6.43. The molecule has 1 heterocycles. The Morgan fingerprint density at radius 1 is 1.29 bits per heavy atom. The van der Waals surface area contributed by atoms with Crippen molar-refractivity contribution in [3.05, 3.63) is 20.8 Å². The van der Waals surface area contributed by atoms with E-state index >= 15 is 0 Å². The topological polar surface area (TPSA) is 24.1 Å². The number of hydrogen-bond donors (Lipinski definition) is 2. The quantitative estimate of drug-likeness (QED) is 0.747. The fourth-order valence-corrected chi connectivity index (χ4v) is 2.63. The number of halogens is 1. The van der Waals surface area contributed by atoms with E-state index in [1.54, 1.807) is 0 Å². The van der Waals surface area contributed by atoms with Crippen molar-refractivity contribution in [2.75, 3.05) is 26.2 Å². The molecule has 0 saturated heterocycles. The molecule has 1 rings (SSSR count). The number of hydrogen-bond acceptors (Lipinski definition) is 3. The molecule has 14 heavy (non-hydrogen) atoms. The summed E-state index contributed by atoms with van der Waals surface area (Å²) in [5.41, 5.74) is 0. The van der Waals surface area contributed by atoms with Crippen molar-refractivity contribution in [3.63, 3.8) is 0 Å². The summed E-state index contributed by atoms with van der Waals surface area (Å²) >= 11 is 5.27. The average Bonchev–Trinajstić information content (AvgIpc) is 2.58. The van der Waals surface area contributed by atoms with E-state index in [1.807, 2.05) is 11.3 Å². The molecule has 0 aliphatic rings. The summed E-state index contributed by atoms with van der Waals surface area (Å²) in [6.07, 6.45) is 1.13. The van der Waals surface area contributed by atoms with Gasteiger partial charge in [-0.1, -0.05) is 6.92 Å². The molecule has 2 nitrogen and oxygen atoms in total. The van der Waals surface area contributed by atoms with Crippen molar-refractivity contribution < 1.29 is 0 Å². The molecule has 0 spiro atoms. The minimum absolute atomic E-state index is 1.06. The molecule has 0 aliphatic heterocycles. The molecule has 0 aliphatic carbocycles. The zero-order chi connectivity index (χ0) is 10.2. The summed E-state index contributed by atoms with van der Waals surface area (Å²) in [4.78, 5) is 1.44. The fraction of sp³-hybridized carbons (Fsp3) is 0.600. The zero-order valence-corrected chi connectivity index (χ0v) is 10.9. The lowest BCUT2D eigenvalue weighted by atomic mass is 10.3. The van der Waals surface area contributed by atoms with Crippen LogP contribution in [0.2, 0.25) is 0 Å². The predicted octanol–water partition coefficient (Wildman–Crippen LogP) is 2.25. The summed E-state index contributed by atoms with van der Waals surface area (Å²) in [5, 5.41) is 8.82. The summed E-state index contributed by atoms with van der Waals surface area (Å²) in [7, 11) is 0. The Labute approximate surface area is 98.2 Å². The predicted molar refractivity (Wildman–Crippen MR) is 67.1 cm³/mol. The van der Waals surface area contributed by atoms with E-state index in [4.69, 9.17) is 0 Å². The van der Waals surface area contributed by atoms with Crippen LogP contribution in [0.5, 0.6) is 0 Å². The van der Waals surface area contributed by atoms with E-state index in [0.29, 0.717) is 0 Å². The second-order valence-corrected chi connectivity index (χ2v) is 5.00. The van der Waals surface area contributed by atoms with Gasteiger partial charge >= 0.3 is 0 Å². The molecule has 0 amide bonds. The Morgan fingerprint density at radius 3 is 2.71 bits per heavy atom. The second-order valence-electron chi connectivity index (χ2n) is 3.08. The van der Waals surface area contributed by atoms with E-state index in [-0.39, 0.29) is 0 Å². The van der Waals surface area contributed by atoms with E-state index in [2.05, 4.69) is 44.9 Å². The first-order valence-corrected chi connectivity index (χ1v) is 6.64. The van der Waals surface area contributed by atoms with Gasteiger partial charge in [0.1, 0.15) is 0 Å². The smallest absolute Gasteiger partial charge is 0.0285 e. The molecule has 1 aromatic rings. The van der Waals surface area contributed by atoms with Crippen LogP contribution in [-0.4, -0.2) is 26.2 Å². The Bertz CT molecular complexity index is 250. The lowest BCUT2D eigenvalue weighted by Crippen LogP contribution is -2.28. The van der Waals surface area contributed by atoms with Gasteiger partial charge in [0.15, 0.2) is 0 Å². The molecule has 0 bridgehead atoms. The standard InChI is InChI=1S/C10H17BrN2S/c1-2-12-5-6-13-4-3-10-7-9(11)8-14-10/h7-8,12-13H,2-6H2,1H3. The van der Waals surface area contributed by atoms with Gasteiger partial charge in [0, 0.05) is 34.4 Å². The SMILES string of the molecule is CCNCCNCCc1cc(Br)cs1. The first-order valence-electron chi connectivity index (χ1n) is 4.97. The molecule has 0 fully saturated rings. The monoisotopic (exact) mass is 276 g/mol. The molecule has 4 heteroatoms. The molecular weight excluding hydrogens is 260 g/mol. The lowest BCUT2D eigenvalue weighted by molar-refractivity contribution is 0.626. The van der Waals surface area contributed by atoms with Gasteiger partial charge in [-0.15, -0.1) is 11.3 Å². The first kappa shape index (κ1) is 12.2. The highest BCUT2D eigenvalue weighted by atomic mass is 79.9. The summed E-state index contributed by atoms with van der Waals surface area (Å²) in [5.74, 6) is 0. The molecule has 0 unspecified atom stereocenters. The van der Waals surface area contributed by atoms with Crippen LogP contribution in [0.25, 0.3) is 0 Å². The zero-order valence-electron chi connectivity index (χ0n) is 8.48. The van der Waals surface area contributed by atoms with Gasteiger partial charge in [0.05, 0.1) is 0 Å². The second kappa shape index (κ2) is 7.40. The van der Waals surface area contributed by atoms with Crippen LogP contribution in [0.1, 0.15) is 11.8 Å². The molecule has 1 aromatic heterocycles. The van der Waals surface area contributed by atoms with E-state index in [0.717, 1.165) is 32.6 Å². The average molecular weight is 277 g/mol. The van der Waals surface area contributed by atoms with Crippen LogP contribution in [0, 0.1) is 0 Å². The van der Waals surface area contributed by atoms with Crippen molar-refractivity contribution in [1.29, 1.82) is 0 Å². The molecule has 0 atom stereocenters. The Hall–Kier alpha value is 0.1000. The Balaban J connectivity index is 1.99. The number of likely N-dealkylation sites (N-methyl/N-ethyl adjacent to an activating group) is 1. The van der Waals surface area contributed by atoms with E-state index in [1.165, 1.54) is 9.35 Å². The van der Waals surface area contributed by atoms with Crippen molar-refractivity contribution in [3.8, 4) is 0 Å². The highest BCUT2D eigenvalue weighted by molar-refractivity contribution is 9.10. The third-order valence-corrected chi connectivity index (χ3v) is 3.66. The minimum Gasteiger partial charge on any atom is -0.316 e. The Morgan fingerprint density at radius 2 is 2.07 bits per heavy atom. The van der Waals surface area contributed by atoms with Gasteiger partial charge in [-0.05, 0) is 35.0 Å². The molecule has 0 saturated carbocycles. The van der Waals surface area contributed by atoms with Gasteiger partial charge in [-0.25, -0.2) is 0 Å². The van der Waals surface area contributed by atoms with Crippen LogP contribution in [0.15, 0.2) is 15.9 Å². The van der Waals surface area contributed by atoms with Crippen LogP contribution in [-0.2, 0) is 6.42 Å². The first-order chi connectivity index (χ1) is 6.83. The number of rotatable bonds is 7. The highest BCUT2D eigenvalue weighted by Crippen LogP contribution is 2.19. The van der Waals surface area contributed by atoms with Gasteiger partial charge in [0.25, 0.3) is 0 Å². The van der Waals surface area contributed by atoms with Gasteiger partial charge in [-0.3, -0.25) is 0 Å². The molecular formula is C10H17BrN2S. The normalized spacial score (nSPS) is 10.7.